The second-order valence-electron chi connectivity index (χ2n) is 12.6. The van der Waals surface area contributed by atoms with Crippen LogP contribution < -0.4 is 5.32 Å². The van der Waals surface area contributed by atoms with Gasteiger partial charge in [0.25, 0.3) is 0 Å². The van der Waals surface area contributed by atoms with E-state index in [1.165, 1.54) is 25.3 Å². The standard InChI is InChI=1S/C32H42N2O5/c1-5-14-37-30(36)33-25-12-10-24(11-13-25)29-38-27(15-28(39-29)23-8-6-22(19-35)7-9-23)18-34-21-32(4)17-26(34)16-31(2,3)20-32/h5-13,26-29,35H,1,14-21H2,2-4H3,(H,33,36)/t26?,27-,28+,29+,32?/m1/s1. The molecule has 1 amide bonds. The van der Waals surface area contributed by atoms with Crippen LogP contribution in [-0.2, 0) is 20.8 Å². The summed E-state index contributed by atoms with van der Waals surface area (Å²) in [4.78, 5) is 14.6. The van der Waals surface area contributed by atoms with Crippen LogP contribution in [0.25, 0.3) is 0 Å². The number of ether oxygens (including phenoxy) is 3. The molecule has 1 aliphatic carbocycles. The van der Waals surface area contributed by atoms with E-state index in [1.807, 2.05) is 48.5 Å². The van der Waals surface area contributed by atoms with E-state index in [4.69, 9.17) is 14.2 Å². The summed E-state index contributed by atoms with van der Waals surface area (Å²) < 4.78 is 18.1. The minimum Gasteiger partial charge on any atom is -0.445 e. The van der Waals surface area contributed by atoms with Crippen molar-refractivity contribution < 1.29 is 24.1 Å². The van der Waals surface area contributed by atoms with Gasteiger partial charge < -0.3 is 19.3 Å². The zero-order valence-electron chi connectivity index (χ0n) is 23.4. The summed E-state index contributed by atoms with van der Waals surface area (Å²) in [6, 6.07) is 16.1. The first-order valence-electron chi connectivity index (χ1n) is 14.0. The molecule has 7 nitrogen and oxygen atoms in total. The maximum Gasteiger partial charge on any atom is 0.411 e. The molecule has 3 fully saturated rings. The van der Waals surface area contributed by atoms with Crippen LogP contribution in [-0.4, -0.2) is 47.9 Å². The molecule has 2 heterocycles. The van der Waals surface area contributed by atoms with Gasteiger partial charge in [-0.05, 0) is 53.4 Å². The van der Waals surface area contributed by atoms with E-state index < -0.39 is 12.4 Å². The van der Waals surface area contributed by atoms with Crippen molar-refractivity contribution in [2.24, 2.45) is 10.8 Å². The summed E-state index contributed by atoms with van der Waals surface area (Å²) in [7, 11) is 0. The topological polar surface area (TPSA) is 80.3 Å². The fraction of sp³-hybridized carbons (Fsp3) is 0.531. The van der Waals surface area contributed by atoms with Gasteiger partial charge in [0, 0.05) is 36.8 Å². The van der Waals surface area contributed by atoms with E-state index in [0.717, 1.165) is 36.2 Å². The van der Waals surface area contributed by atoms with Crippen LogP contribution in [0.5, 0.6) is 0 Å². The lowest BCUT2D eigenvalue weighted by molar-refractivity contribution is -0.253. The van der Waals surface area contributed by atoms with Gasteiger partial charge in [0.2, 0.25) is 0 Å². The third kappa shape index (κ3) is 6.72. The Bertz CT molecular complexity index is 1150. The van der Waals surface area contributed by atoms with Gasteiger partial charge in [-0.15, -0.1) is 0 Å². The van der Waals surface area contributed by atoms with Gasteiger partial charge in [-0.25, -0.2) is 4.79 Å². The number of benzene rings is 2. The minimum atomic E-state index is -0.526. The van der Waals surface area contributed by atoms with Crippen LogP contribution in [0.2, 0.25) is 0 Å². The Morgan fingerprint density at radius 3 is 2.51 bits per heavy atom. The molecule has 1 saturated carbocycles. The smallest absolute Gasteiger partial charge is 0.411 e. The molecule has 2 unspecified atom stereocenters. The van der Waals surface area contributed by atoms with E-state index in [9.17, 15) is 9.90 Å². The minimum absolute atomic E-state index is 0.0176. The zero-order valence-corrected chi connectivity index (χ0v) is 23.4. The van der Waals surface area contributed by atoms with E-state index in [2.05, 4.69) is 37.6 Å². The molecule has 0 aromatic heterocycles. The maximum absolute atomic E-state index is 11.9. The van der Waals surface area contributed by atoms with Crippen molar-refractivity contribution in [2.75, 3.05) is 25.0 Å². The van der Waals surface area contributed by atoms with E-state index >= 15 is 0 Å². The molecule has 2 aliphatic heterocycles. The summed E-state index contributed by atoms with van der Waals surface area (Å²) in [6.07, 6.45) is 4.91. The summed E-state index contributed by atoms with van der Waals surface area (Å²) in [6.45, 7) is 13.0. The van der Waals surface area contributed by atoms with Crippen LogP contribution in [0.15, 0.2) is 61.2 Å². The number of aliphatic hydroxyl groups excluding tert-OH is 1. The van der Waals surface area contributed by atoms with Crippen molar-refractivity contribution >= 4 is 11.8 Å². The van der Waals surface area contributed by atoms with Gasteiger partial charge in [-0.3, -0.25) is 10.2 Å². The van der Waals surface area contributed by atoms with Crippen molar-refractivity contribution in [1.82, 2.24) is 4.90 Å². The number of hydrogen-bond donors (Lipinski definition) is 2. The number of hydrogen-bond acceptors (Lipinski definition) is 6. The number of carbonyl (C=O) groups excluding carboxylic acids is 1. The Kier molecular flexibility index (Phi) is 8.15. The fourth-order valence-corrected chi connectivity index (χ4v) is 7.10. The van der Waals surface area contributed by atoms with Crippen LogP contribution in [0.1, 0.15) is 75.5 Å². The van der Waals surface area contributed by atoms with Gasteiger partial charge in [-0.2, -0.15) is 0 Å². The molecule has 5 rings (SSSR count). The molecular formula is C32H42N2O5. The number of carbonyl (C=O) groups is 1. The first-order chi connectivity index (χ1) is 18.6. The first kappa shape index (κ1) is 27.8. The van der Waals surface area contributed by atoms with Crippen LogP contribution in [0.3, 0.4) is 0 Å². The van der Waals surface area contributed by atoms with Gasteiger partial charge in [0.15, 0.2) is 6.29 Å². The van der Waals surface area contributed by atoms with E-state index in [0.29, 0.717) is 22.6 Å². The molecule has 2 saturated heterocycles. The second kappa shape index (κ2) is 11.4. The molecule has 0 radical (unpaired) electrons. The Labute approximate surface area is 232 Å². The molecule has 0 spiro atoms. The van der Waals surface area contributed by atoms with Gasteiger partial charge in [0.05, 0.1) is 18.8 Å². The highest BCUT2D eigenvalue weighted by Crippen LogP contribution is 2.53. The van der Waals surface area contributed by atoms with Crippen molar-refractivity contribution in [2.45, 2.75) is 77.6 Å². The predicted octanol–water partition coefficient (Wildman–Crippen LogP) is 6.36. The highest BCUT2D eigenvalue weighted by Gasteiger charge is 2.50. The van der Waals surface area contributed by atoms with Crippen LogP contribution in [0.4, 0.5) is 10.5 Å². The lowest BCUT2D eigenvalue weighted by atomic mass is 9.65. The number of rotatable bonds is 8. The van der Waals surface area contributed by atoms with Gasteiger partial charge in [0.1, 0.15) is 6.61 Å². The lowest BCUT2D eigenvalue weighted by Crippen LogP contribution is -2.42. The van der Waals surface area contributed by atoms with Crippen molar-refractivity contribution in [3.8, 4) is 0 Å². The molecule has 5 atom stereocenters. The Hall–Kier alpha value is -2.71. The summed E-state index contributed by atoms with van der Waals surface area (Å²) in [5.74, 6) is 0. The van der Waals surface area contributed by atoms with Crippen LogP contribution >= 0.6 is 0 Å². The first-order valence-corrected chi connectivity index (χ1v) is 14.0. The molecule has 39 heavy (non-hydrogen) atoms. The largest absolute Gasteiger partial charge is 0.445 e. The normalized spacial score (nSPS) is 30.1. The molecule has 3 aliphatic rings. The van der Waals surface area contributed by atoms with E-state index in [1.54, 1.807) is 0 Å². The number of nitrogens with zero attached hydrogens (tertiary/aromatic N) is 1. The number of aliphatic hydroxyl groups is 1. The van der Waals surface area contributed by atoms with Crippen molar-refractivity contribution in [3.63, 3.8) is 0 Å². The zero-order chi connectivity index (χ0) is 27.6. The van der Waals surface area contributed by atoms with E-state index in [-0.39, 0.29) is 25.4 Å². The Morgan fingerprint density at radius 2 is 1.82 bits per heavy atom. The molecule has 2 N–H and O–H groups in total. The highest BCUT2D eigenvalue weighted by molar-refractivity contribution is 5.84. The third-order valence-electron chi connectivity index (χ3n) is 8.34. The number of nitrogens with one attached hydrogen (secondary N) is 1. The summed E-state index contributed by atoms with van der Waals surface area (Å²) in [5, 5.41) is 12.2. The molecular weight excluding hydrogens is 492 g/mol. The second-order valence-corrected chi connectivity index (χ2v) is 12.6. The van der Waals surface area contributed by atoms with Crippen molar-refractivity contribution in [1.29, 1.82) is 0 Å². The fourth-order valence-electron chi connectivity index (χ4n) is 7.10. The quantitative estimate of drug-likeness (QED) is 0.384. The van der Waals surface area contributed by atoms with Gasteiger partial charge in [-0.1, -0.05) is 69.8 Å². The number of amides is 1. The monoisotopic (exact) mass is 534 g/mol. The van der Waals surface area contributed by atoms with Crippen LogP contribution in [0, 0.1) is 10.8 Å². The van der Waals surface area contributed by atoms with Crippen molar-refractivity contribution in [3.05, 3.63) is 77.9 Å². The average molecular weight is 535 g/mol. The lowest BCUT2D eigenvalue weighted by Gasteiger charge is -2.41. The Balaban J connectivity index is 1.32. The van der Waals surface area contributed by atoms with Gasteiger partial charge >= 0.3 is 6.09 Å². The Morgan fingerprint density at radius 1 is 1.10 bits per heavy atom. The summed E-state index contributed by atoms with van der Waals surface area (Å²) >= 11 is 0. The molecule has 2 bridgehead atoms. The molecule has 2 aromatic carbocycles. The SMILES string of the molecule is C=CCOC(=O)Nc1ccc([C@H]2O[C@@H](CN3CC4(C)CC3CC(C)(C)C4)C[C@@H](c3ccc(CO)cc3)O2)cc1. The predicted molar refractivity (Wildman–Crippen MR) is 151 cm³/mol. The molecule has 2 aromatic rings. The average Bonchev–Trinajstić information content (AvgIpc) is 3.14. The number of anilines is 1. The summed E-state index contributed by atoms with van der Waals surface area (Å²) in [5.41, 5.74) is 4.24. The molecule has 210 valence electrons. The highest BCUT2D eigenvalue weighted by atomic mass is 16.7. The molecule has 7 heteroatoms. The number of fused-ring (bicyclic) bond motifs is 2. The third-order valence-corrected chi connectivity index (χ3v) is 8.34. The maximum atomic E-state index is 11.9. The number of likely N-dealkylation sites (tertiary alicyclic amines) is 1.